The Balaban J connectivity index is 2.24. The molecular formula is C40H71NO12. The van der Waals surface area contributed by atoms with Crippen LogP contribution in [0.15, 0.2) is 11.6 Å². The summed E-state index contributed by atoms with van der Waals surface area (Å²) in [5, 5.41) is 34.6. The highest BCUT2D eigenvalue weighted by Gasteiger charge is 2.52. The van der Waals surface area contributed by atoms with Gasteiger partial charge in [-0.25, -0.2) is 0 Å². The molecular weight excluding hydrogens is 686 g/mol. The van der Waals surface area contributed by atoms with Crippen molar-refractivity contribution in [1.29, 1.82) is 0 Å². The lowest BCUT2D eigenvalue weighted by molar-refractivity contribution is -0.319. The molecule has 0 saturated carbocycles. The van der Waals surface area contributed by atoms with E-state index in [0.717, 1.165) is 11.9 Å². The summed E-state index contributed by atoms with van der Waals surface area (Å²) in [4.78, 5) is 28.3. The van der Waals surface area contributed by atoms with Crippen LogP contribution in [0.1, 0.15) is 101 Å². The van der Waals surface area contributed by atoms with Crippen molar-refractivity contribution in [2.75, 3.05) is 28.3 Å². The number of nitrogens with zero attached hydrogens (tertiary/aromatic N) is 1. The summed E-state index contributed by atoms with van der Waals surface area (Å²) in [7, 11) is 6.96. The van der Waals surface area contributed by atoms with E-state index in [9.17, 15) is 24.9 Å². The van der Waals surface area contributed by atoms with E-state index >= 15 is 0 Å². The predicted octanol–water partition coefficient (Wildman–Crippen LogP) is 4.03. The Kier molecular flexibility index (Phi) is 16.1. The van der Waals surface area contributed by atoms with E-state index in [1.165, 1.54) is 7.11 Å². The topological polar surface area (TPSA) is 163 Å². The number of carbonyl (C=O) groups is 2. The molecule has 0 amide bonds. The number of aliphatic hydroxyl groups is 3. The SMILES string of the molecule is CC[C@H]1OC(=O)[C@H](C)[C@@H](O[C@H]2C[C@@](C)(OC)[C@@H](O)[C@H](C)O2)[C@H](C)[C@@H](O[C@@H]2O[C@H](C)C[C@H](N(C)C)[C@H]2O)[C@](C)(OC)C[C@@H](C)/C=C(/C)[C@@H](CC=O)[C@]1(C)O. The molecule has 13 heteroatoms. The Morgan fingerprint density at radius 2 is 1.60 bits per heavy atom. The van der Waals surface area contributed by atoms with E-state index in [2.05, 4.69) is 0 Å². The number of esters is 1. The lowest BCUT2D eigenvalue weighted by atomic mass is 9.74. The normalized spacial score (nSPS) is 47.7. The van der Waals surface area contributed by atoms with Crippen LogP contribution < -0.4 is 0 Å². The monoisotopic (exact) mass is 757 g/mol. The molecule has 3 heterocycles. The first-order chi connectivity index (χ1) is 24.6. The Morgan fingerprint density at radius 1 is 0.981 bits per heavy atom. The Bertz CT molecular complexity index is 1230. The molecule has 2 fully saturated rings. The third kappa shape index (κ3) is 10.3. The summed E-state index contributed by atoms with van der Waals surface area (Å²) < 4.78 is 44.5. The second kappa shape index (κ2) is 18.6. The van der Waals surface area contributed by atoms with Crippen LogP contribution in [0, 0.1) is 23.7 Å². The lowest BCUT2D eigenvalue weighted by Crippen LogP contribution is -2.61. The fourth-order valence-electron chi connectivity index (χ4n) is 9.04. The molecule has 3 aliphatic heterocycles. The van der Waals surface area contributed by atoms with Gasteiger partial charge in [-0.05, 0) is 87.7 Å². The molecule has 0 unspecified atom stereocenters. The number of methoxy groups -OCH3 is 2. The average molecular weight is 758 g/mol. The van der Waals surface area contributed by atoms with E-state index in [1.807, 2.05) is 66.6 Å². The van der Waals surface area contributed by atoms with Crippen molar-refractivity contribution >= 4 is 12.3 Å². The summed E-state index contributed by atoms with van der Waals surface area (Å²) in [6, 6.07) is -0.236. The number of allylic oxidation sites excluding steroid dienone is 1. The van der Waals surface area contributed by atoms with Crippen LogP contribution in [-0.2, 0) is 42.7 Å². The second-order valence-electron chi connectivity index (χ2n) is 16.9. The maximum absolute atomic E-state index is 14.3. The van der Waals surface area contributed by atoms with Crippen LogP contribution in [0.5, 0.6) is 0 Å². The third-order valence-corrected chi connectivity index (χ3v) is 12.4. The molecule has 3 N–H and O–H groups in total. The Labute approximate surface area is 318 Å². The number of hydrogen-bond acceptors (Lipinski definition) is 13. The summed E-state index contributed by atoms with van der Waals surface area (Å²) in [6.07, 6.45) is -3.05. The third-order valence-electron chi connectivity index (χ3n) is 12.4. The van der Waals surface area contributed by atoms with Crippen molar-refractivity contribution in [2.45, 2.75) is 179 Å². The first kappa shape index (κ1) is 45.9. The van der Waals surface area contributed by atoms with Gasteiger partial charge in [0.1, 0.15) is 30.2 Å². The zero-order valence-corrected chi connectivity index (χ0v) is 34.7. The highest BCUT2D eigenvalue weighted by Crippen LogP contribution is 2.42. The molecule has 53 heavy (non-hydrogen) atoms. The van der Waals surface area contributed by atoms with Crippen LogP contribution >= 0.6 is 0 Å². The van der Waals surface area contributed by atoms with Crippen LogP contribution in [0.3, 0.4) is 0 Å². The van der Waals surface area contributed by atoms with Gasteiger partial charge in [0.05, 0.1) is 41.5 Å². The van der Waals surface area contributed by atoms with Gasteiger partial charge in [0, 0.05) is 44.9 Å². The molecule has 3 rings (SSSR count). The van der Waals surface area contributed by atoms with Crippen molar-refractivity contribution in [3.05, 3.63) is 11.6 Å². The number of carbonyl (C=O) groups excluding carboxylic acids is 2. The largest absolute Gasteiger partial charge is 0.459 e. The number of aliphatic hydroxyl groups excluding tert-OH is 2. The van der Waals surface area contributed by atoms with Gasteiger partial charge in [0.25, 0.3) is 0 Å². The molecule has 0 spiro atoms. The quantitative estimate of drug-likeness (QED) is 0.167. The van der Waals surface area contributed by atoms with E-state index in [0.29, 0.717) is 19.3 Å². The van der Waals surface area contributed by atoms with Gasteiger partial charge in [-0.1, -0.05) is 32.4 Å². The van der Waals surface area contributed by atoms with Crippen molar-refractivity contribution < 1.29 is 58.1 Å². The van der Waals surface area contributed by atoms with Crippen LogP contribution in [0.25, 0.3) is 0 Å². The number of aldehydes is 1. The number of hydrogen-bond donors (Lipinski definition) is 3. The van der Waals surface area contributed by atoms with Crippen molar-refractivity contribution in [2.24, 2.45) is 23.7 Å². The summed E-state index contributed by atoms with van der Waals surface area (Å²) >= 11 is 0. The fraction of sp³-hybridized carbons (Fsp3) is 0.900. The van der Waals surface area contributed by atoms with Gasteiger partial charge in [-0.2, -0.15) is 0 Å². The molecule has 13 nitrogen and oxygen atoms in total. The first-order valence-corrected chi connectivity index (χ1v) is 19.4. The van der Waals surface area contributed by atoms with Gasteiger partial charge in [0.15, 0.2) is 12.6 Å². The molecule has 3 aliphatic rings. The van der Waals surface area contributed by atoms with Gasteiger partial charge in [-0.3, -0.25) is 4.79 Å². The van der Waals surface area contributed by atoms with Gasteiger partial charge < -0.3 is 58.2 Å². The number of ether oxygens (including phenoxy) is 7. The van der Waals surface area contributed by atoms with Crippen molar-refractivity contribution in [1.82, 2.24) is 4.90 Å². The van der Waals surface area contributed by atoms with Crippen LogP contribution in [0.2, 0.25) is 0 Å². The molecule has 0 aromatic carbocycles. The zero-order chi connectivity index (χ0) is 40.2. The standard InChI is InChI=1S/C40H71NO12/c1-15-30-40(10,46)28(16-17-42)23(3)18-22(2)20-39(9,48-14)35(53-37-32(43)29(41(11)12)19-24(4)49-37)25(5)33(26(6)36(45)51-30)52-31-21-38(8,47-13)34(44)27(7)50-31/h17-18,22,24-35,37,43-44,46H,15-16,19-21H2,1-14H3/b23-18-/t22-,24+,25-,26+,27-,28+,29-,30+,31-,32+,33-,34-,35+,37-,38+,39+,40-/m0/s1. The summed E-state index contributed by atoms with van der Waals surface area (Å²) in [5.74, 6) is -2.93. The number of rotatable bonds is 10. The maximum Gasteiger partial charge on any atom is 0.311 e. The minimum absolute atomic E-state index is 0.0329. The summed E-state index contributed by atoms with van der Waals surface area (Å²) in [5.41, 5.74) is -2.82. The molecule has 308 valence electrons. The summed E-state index contributed by atoms with van der Waals surface area (Å²) in [6.45, 7) is 18.4. The number of cyclic esters (lactones) is 1. The molecule has 2 saturated heterocycles. The van der Waals surface area contributed by atoms with E-state index in [4.69, 9.17) is 33.2 Å². The molecule has 0 aromatic rings. The maximum atomic E-state index is 14.3. The first-order valence-electron chi connectivity index (χ1n) is 19.4. The van der Waals surface area contributed by atoms with Crippen molar-refractivity contribution in [3.63, 3.8) is 0 Å². The van der Waals surface area contributed by atoms with E-state index in [-0.39, 0.29) is 30.9 Å². The Hall–Kier alpha value is -1.52. The highest BCUT2D eigenvalue weighted by atomic mass is 16.7. The predicted molar refractivity (Wildman–Crippen MR) is 199 cm³/mol. The van der Waals surface area contributed by atoms with Gasteiger partial charge in [-0.15, -0.1) is 0 Å². The van der Waals surface area contributed by atoms with Gasteiger partial charge >= 0.3 is 5.97 Å². The zero-order valence-electron chi connectivity index (χ0n) is 34.7. The van der Waals surface area contributed by atoms with E-state index in [1.54, 1.807) is 34.8 Å². The van der Waals surface area contributed by atoms with Crippen LogP contribution in [-0.4, -0.2) is 139 Å². The second-order valence-corrected chi connectivity index (χ2v) is 16.9. The minimum Gasteiger partial charge on any atom is -0.459 e. The van der Waals surface area contributed by atoms with Gasteiger partial charge in [0.2, 0.25) is 0 Å². The van der Waals surface area contributed by atoms with E-state index < -0.39 is 89.7 Å². The molecule has 17 atom stereocenters. The lowest BCUT2D eigenvalue weighted by Gasteiger charge is -2.49. The van der Waals surface area contributed by atoms with Crippen molar-refractivity contribution in [3.8, 4) is 0 Å². The smallest absolute Gasteiger partial charge is 0.311 e. The molecule has 0 bridgehead atoms. The Morgan fingerprint density at radius 3 is 2.15 bits per heavy atom. The molecule has 0 aromatic heterocycles. The minimum atomic E-state index is -1.57. The number of likely N-dealkylation sites (N-methyl/N-ethyl adjacent to an activating group) is 1. The fourth-order valence-corrected chi connectivity index (χ4v) is 9.04. The van der Waals surface area contributed by atoms with Crippen LogP contribution in [0.4, 0.5) is 0 Å². The molecule has 0 radical (unpaired) electrons. The highest BCUT2D eigenvalue weighted by molar-refractivity contribution is 5.73. The molecule has 0 aliphatic carbocycles. The average Bonchev–Trinajstić information content (AvgIpc) is 3.09.